The van der Waals surface area contributed by atoms with Gasteiger partial charge in [0.2, 0.25) is 0 Å². The van der Waals surface area contributed by atoms with E-state index in [4.69, 9.17) is 14.5 Å². The fourth-order valence-electron chi connectivity index (χ4n) is 6.01. The molecule has 0 spiro atoms. The molecule has 2 aromatic heterocycles. The Labute approximate surface area is 283 Å². The lowest BCUT2D eigenvalue weighted by Crippen LogP contribution is -2.39. The molecule has 9 heteroatoms. The van der Waals surface area contributed by atoms with Crippen molar-refractivity contribution in [1.29, 1.82) is 0 Å². The molecule has 2 aromatic carbocycles. The smallest absolute Gasteiger partial charge is 0.337 e. The number of carbonyl (C=O) groups is 1. The minimum absolute atomic E-state index is 0.174. The van der Waals surface area contributed by atoms with E-state index in [1.165, 1.54) is 12.1 Å². The molecule has 8 nitrogen and oxygen atoms in total. The highest BCUT2D eigenvalue weighted by atomic mass is 19.1. The quantitative estimate of drug-likeness (QED) is 0.166. The van der Waals surface area contributed by atoms with Crippen LogP contribution in [0.5, 0.6) is 5.75 Å². The van der Waals surface area contributed by atoms with E-state index in [0.29, 0.717) is 35.9 Å². The summed E-state index contributed by atoms with van der Waals surface area (Å²) < 4.78 is 25.7. The Morgan fingerprint density at radius 1 is 1.04 bits per heavy atom. The number of carboxylic acids is 1. The Hall–Kier alpha value is -4.50. The van der Waals surface area contributed by atoms with Gasteiger partial charge in [-0.2, -0.15) is 0 Å². The summed E-state index contributed by atoms with van der Waals surface area (Å²) in [5, 5.41) is 14.2. The Kier molecular flexibility index (Phi) is 10.4. The van der Waals surface area contributed by atoms with E-state index in [1.54, 1.807) is 24.5 Å². The minimum Gasteiger partial charge on any atom is -0.493 e. The van der Waals surface area contributed by atoms with Crippen molar-refractivity contribution < 1.29 is 23.8 Å². The molecule has 2 N–H and O–H groups in total. The van der Waals surface area contributed by atoms with Gasteiger partial charge in [-0.05, 0) is 99.9 Å². The Bertz CT molecular complexity index is 1720. The zero-order chi connectivity index (χ0) is 34.6. The first-order valence-corrected chi connectivity index (χ1v) is 16.6. The number of nitrogens with zero attached hydrogens (tertiary/aromatic N) is 3. The van der Waals surface area contributed by atoms with Crippen LogP contribution in [0.15, 0.2) is 67.0 Å². The van der Waals surface area contributed by atoms with E-state index in [0.717, 1.165) is 59.6 Å². The third kappa shape index (κ3) is 8.50. The number of hydrogen-bond donors (Lipinski definition) is 2. The molecular weight excluding hydrogens is 607 g/mol. The summed E-state index contributed by atoms with van der Waals surface area (Å²) in [4.78, 5) is 24.7. The average molecular weight is 655 g/mol. The van der Waals surface area contributed by atoms with E-state index in [9.17, 15) is 14.3 Å². The summed E-state index contributed by atoms with van der Waals surface area (Å²) in [5.41, 5.74) is 5.87. The molecule has 4 aromatic rings. The predicted octanol–water partition coefficient (Wildman–Crippen LogP) is 8.83. The molecule has 48 heavy (non-hydrogen) atoms. The average Bonchev–Trinajstić information content (AvgIpc) is 3.02. The van der Waals surface area contributed by atoms with Gasteiger partial charge in [0.15, 0.2) is 6.10 Å². The molecule has 1 fully saturated rings. The van der Waals surface area contributed by atoms with Crippen LogP contribution in [-0.4, -0.2) is 46.3 Å². The lowest BCUT2D eigenvalue weighted by molar-refractivity contribution is -0.160. The maximum atomic E-state index is 13.3. The van der Waals surface area contributed by atoms with E-state index >= 15 is 0 Å². The number of benzene rings is 2. The van der Waals surface area contributed by atoms with Crippen LogP contribution in [0.4, 0.5) is 21.6 Å². The zero-order valence-electron chi connectivity index (χ0n) is 29.1. The van der Waals surface area contributed by atoms with Gasteiger partial charge < -0.3 is 24.8 Å². The van der Waals surface area contributed by atoms with Crippen molar-refractivity contribution >= 4 is 23.2 Å². The van der Waals surface area contributed by atoms with Gasteiger partial charge in [0.1, 0.15) is 17.4 Å². The molecule has 1 atom stereocenters. The third-order valence-electron chi connectivity index (χ3n) is 8.80. The SMILES string of the molecule is Cc1ccncc1Nc1nc(C)c(C(OC(C)(C)C)C(=O)O)c(N2CCC(C)(C)CC2)c1-c1ccc(OCCc2ccc(F)cc2)cc1. The monoisotopic (exact) mass is 654 g/mol. The number of hydrogen-bond acceptors (Lipinski definition) is 7. The van der Waals surface area contributed by atoms with Crippen molar-refractivity contribution in [1.82, 2.24) is 9.97 Å². The lowest BCUT2D eigenvalue weighted by atomic mass is 9.82. The number of carboxylic acid groups (broad SMARTS) is 1. The van der Waals surface area contributed by atoms with Gasteiger partial charge in [-0.25, -0.2) is 14.2 Å². The van der Waals surface area contributed by atoms with Gasteiger partial charge in [0.05, 0.1) is 29.8 Å². The van der Waals surface area contributed by atoms with Crippen LogP contribution in [0.1, 0.15) is 75.9 Å². The molecule has 5 rings (SSSR count). The molecule has 1 aliphatic rings. The summed E-state index contributed by atoms with van der Waals surface area (Å²) in [6.07, 6.45) is 4.84. The van der Waals surface area contributed by atoms with Crippen LogP contribution >= 0.6 is 0 Å². The number of aromatic nitrogens is 2. The van der Waals surface area contributed by atoms with Gasteiger partial charge in [0, 0.05) is 42.5 Å². The summed E-state index contributed by atoms with van der Waals surface area (Å²) in [6, 6.07) is 16.2. The summed E-state index contributed by atoms with van der Waals surface area (Å²) in [7, 11) is 0. The maximum Gasteiger partial charge on any atom is 0.337 e. The summed E-state index contributed by atoms with van der Waals surface area (Å²) in [5.74, 6) is -0.0199. The lowest BCUT2D eigenvalue weighted by Gasteiger charge is -2.41. The van der Waals surface area contributed by atoms with Crippen molar-refractivity contribution in [2.75, 3.05) is 29.9 Å². The second-order valence-corrected chi connectivity index (χ2v) is 14.3. The van der Waals surface area contributed by atoms with Crippen LogP contribution in [0.25, 0.3) is 11.1 Å². The molecule has 0 bridgehead atoms. The molecule has 0 aliphatic carbocycles. The normalized spacial score (nSPS) is 15.2. The fraction of sp³-hybridized carbons (Fsp3) is 0.410. The summed E-state index contributed by atoms with van der Waals surface area (Å²) in [6.45, 7) is 16.0. The molecule has 0 radical (unpaired) electrons. The minimum atomic E-state index is -1.23. The first-order chi connectivity index (χ1) is 22.7. The number of piperidine rings is 1. The number of pyridine rings is 2. The second-order valence-electron chi connectivity index (χ2n) is 14.3. The fourth-order valence-corrected chi connectivity index (χ4v) is 6.01. The molecular formula is C39H47FN4O4. The molecule has 1 aliphatic heterocycles. The number of ether oxygens (including phenoxy) is 2. The molecule has 0 saturated carbocycles. The van der Waals surface area contributed by atoms with Crippen LogP contribution in [-0.2, 0) is 16.0 Å². The van der Waals surface area contributed by atoms with Crippen LogP contribution in [0.3, 0.4) is 0 Å². The largest absolute Gasteiger partial charge is 0.493 e. The molecule has 1 saturated heterocycles. The number of halogens is 1. The van der Waals surface area contributed by atoms with Gasteiger partial charge in [-0.3, -0.25) is 4.98 Å². The second kappa shape index (κ2) is 14.3. The standard InChI is InChI=1S/C39H47FN4O4/c1-25-16-20-41-24-31(25)43-36-33(28-10-14-30(15-11-28)47-23-17-27-8-12-29(40)13-9-27)34(44-21-18-39(6,7)19-22-44)32(26(2)42-36)35(37(45)46)48-38(3,4)5/h8-16,20,24,35H,17-19,21-23H2,1-7H3,(H,42,43)(H,45,46). The maximum absolute atomic E-state index is 13.3. The first-order valence-electron chi connectivity index (χ1n) is 16.6. The summed E-state index contributed by atoms with van der Waals surface area (Å²) >= 11 is 0. The number of rotatable bonds is 11. The van der Waals surface area contributed by atoms with E-state index < -0.39 is 17.7 Å². The van der Waals surface area contributed by atoms with E-state index in [2.05, 4.69) is 29.0 Å². The Balaban J connectivity index is 1.63. The molecule has 3 heterocycles. The Morgan fingerprint density at radius 2 is 1.71 bits per heavy atom. The molecule has 0 amide bonds. The number of aryl methyl sites for hydroxylation is 2. The van der Waals surface area contributed by atoms with Crippen LogP contribution in [0, 0.1) is 25.1 Å². The van der Waals surface area contributed by atoms with E-state index in [-0.39, 0.29) is 11.2 Å². The highest BCUT2D eigenvalue weighted by Gasteiger charge is 2.37. The van der Waals surface area contributed by atoms with Crippen molar-refractivity contribution in [3.63, 3.8) is 0 Å². The van der Waals surface area contributed by atoms with Crippen molar-refractivity contribution in [3.05, 3.63) is 95.2 Å². The highest BCUT2D eigenvalue weighted by molar-refractivity contribution is 5.93. The first kappa shape index (κ1) is 34.8. The van der Waals surface area contributed by atoms with Gasteiger partial charge in [0.25, 0.3) is 0 Å². The van der Waals surface area contributed by atoms with Gasteiger partial charge in [-0.1, -0.05) is 38.1 Å². The van der Waals surface area contributed by atoms with Crippen LogP contribution in [0.2, 0.25) is 0 Å². The van der Waals surface area contributed by atoms with Crippen molar-refractivity contribution in [2.45, 2.75) is 79.4 Å². The number of aliphatic carboxylic acids is 1. The highest BCUT2D eigenvalue weighted by Crippen LogP contribution is 2.47. The predicted molar refractivity (Wildman–Crippen MR) is 189 cm³/mol. The zero-order valence-corrected chi connectivity index (χ0v) is 29.1. The Morgan fingerprint density at radius 3 is 2.31 bits per heavy atom. The molecule has 254 valence electrons. The number of nitrogens with one attached hydrogen (secondary N) is 1. The van der Waals surface area contributed by atoms with Gasteiger partial charge in [-0.15, -0.1) is 0 Å². The molecule has 1 unspecified atom stereocenters. The van der Waals surface area contributed by atoms with Crippen molar-refractivity contribution in [3.8, 4) is 16.9 Å². The number of anilines is 3. The van der Waals surface area contributed by atoms with Crippen LogP contribution < -0.4 is 15.0 Å². The van der Waals surface area contributed by atoms with Gasteiger partial charge >= 0.3 is 5.97 Å². The topological polar surface area (TPSA) is 96.8 Å². The van der Waals surface area contributed by atoms with E-state index in [1.807, 2.05) is 65.0 Å². The third-order valence-corrected chi connectivity index (χ3v) is 8.80. The van der Waals surface area contributed by atoms with Crippen molar-refractivity contribution in [2.24, 2.45) is 5.41 Å².